The highest BCUT2D eigenvalue weighted by Gasteiger charge is 2.04. The van der Waals surface area contributed by atoms with Crippen LogP contribution in [0.15, 0.2) is 30.3 Å². The van der Waals surface area contributed by atoms with E-state index in [0.717, 1.165) is 4.48 Å². The third-order valence-electron chi connectivity index (χ3n) is 2.90. The summed E-state index contributed by atoms with van der Waals surface area (Å²) in [6.45, 7) is 6.89. The van der Waals surface area contributed by atoms with Crippen molar-refractivity contribution in [2.75, 3.05) is 27.2 Å². The summed E-state index contributed by atoms with van der Waals surface area (Å²) in [5.74, 6) is -0.423. The zero-order valence-electron chi connectivity index (χ0n) is 11.6. The number of benzene rings is 1. The standard InChI is InChI=1S/C7H8O3S.C6H16N/c8-11(9,10)6-7-4-2-1-3-5-7;1-5-7(3,4)6-2/h1-5H,6H2,(H,8,9,10);5-6H2,1-4H3/q;+1/p-1. The molecule has 0 saturated heterocycles. The fourth-order valence-electron chi connectivity index (χ4n) is 1.00. The van der Waals surface area contributed by atoms with Gasteiger partial charge in [0.2, 0.25) is 0 Å². The van der Waals surface area contributed by atoms with Gasteiger partial charge in [-0.1, -0.05) is 30.3 Å². The highest BCUT2D eigenvalue weighted by Crippen LogP contribution is 2.02. The van der Waals surface area contributed by atoms with Crippen LogP contribution in [0.5, 0.6) is 0 Å². The Labute approximate surface area is 111 Å². The second kappa shape index (κ2) is 7.51. The first kappa shape index (κ1) is 17.1. The second-order valence-electron chi connectivity index (χ2n) is 4.76. The predicted octanol–water partition coefficient (Wildman–Crippen LogP) is 1.83. The van der Waals surface area contributed by atoms with Crippen molar-refractivity contribution in [1.29, 1.82) is 0 Å². The Morgan fingerprint density at radius 3 is 1.78 bits per heavy atom. The molecule has 0 aliphatic carbocycles. The number of hydrogen-bond acceptors (Lipinski definition) is 3. The maximum atomic E-state index is 10.2. The fraction of sp³-hybridized carbons (Fsp3) is 0.538. The molecule has 104 valence electrons. The van der Waals surface area contributed by atoms with E-state index < -0.39 is 15.9 Å². The van der Waals surface area contributed by atoms with Gasteiger partial charge in [-0.3, -0.25) is 0 Å². The van der Waals surface area contributed by atoms with Gasteiger partial charge in [0.05, 0.1) is 43.1 Å². The van der Waals surface area contributed by atoms with Crippen LogP contribution in [-0.2, 0) is 15.9 Å². The van der Waals surface area contributed by atoms with E-state index in [1.807, 2.05) is 0 Å². The summed E-state index contributed by atoms with van der Waals surface area (Å²) < 4.78 is 31.9. The Balaban J connectivity index is 0.000000360. The quantitative estimate of drug-likeness (QED) is 0.621. The van der Waals surface area contributed by atoms with Crippen molar-refractivity contribution in [2.45, 2.75) is 19.6 Å². The first-order valence-electron chi connectivity index (χ1n) is 5.99. The van der Waals surface area contributed by atoms with Gasteiger partial charge >= 0.3 is 0 Å². The highest BCUT2D eigenvalue weighted by molar-refractivity contribution is 7.84. The molecule has 0 atom stereocenters. The summed E-state index contributed by atoms with van der Waals surface area (Å²) in [6.07, 6.45) is 0. The molecule has 0 heterocycles. The molecule has 0 aliphatic heterocycles. The van der Waals surface area contributed by atoms with Gasteiger partial charge in [0.15, 0.2) is 0 Å². The summed E-state index contributed by atoms with van der Waals surface area (Å²) in [7, 11) is 0.345. The summed E-state index contributed by atoms with van der Waals surface area (Å²) in [4.78, 5) is 0. The lowest BCUT2D eigenvalue weighted by Gasteiger charge is -2.25. The molecule has 0 unspecified atom stereocenters. The Morgan fingerprint density at radius 1 is 1.06 bits per heavy atom. The van der Waals surface area contributed by atoms with Crippen molar-refractivity contribution in [3.05, 3.63) is 35.9 Å². The Kier molecular flexibility index (Phi) is 7.13. The van der Waals surface area contributed by atoms with E-state index in [0.29, 0.717) is 5.56 Å². The van der Waals surface area contributed by atoms with Crippen molar-refractivity contribution < 1.29 is 17.5 Å². The number of quaternary nitrogens is 1. The first-order valence-corrected chi connectivity index (χ1v) is 7.57. The minimum absolute atomic E-state index is 0.423. The number of hydrogen-bond donors (Lipinski definition) is 0. The molecule has 5 heteroatoms. The molecule has 0 bridgehead atoms. The Morgan fingerprint density at radius 2 is 1.50 bits per heavy atom. The minimum Gasteiger partial charge on any atom is -0.748 e. The van der Waals surface area contributed by atoms with Gasteiger partial charge in [-0.15, -0.1) is 0 Å². The van der Waals surface area contributed by atoms with Gasteiger partial charge in [-0.2, -0.15) is 0 Å². The van der Waals surface area contributed by atoms with E-state index in [1.165, 1.54) is 13.1 Å². The maximum Gasteiger partial charge on any atom is 0.0988 e. The molecular formula is C13H23NO3S. The normalized spacial score (nSPS) is 11.6. The lowest BCUT2D eigenvalue weighted by atomic mass is 10.2. The molecule has 0 fully saturated rings. The third kappa shape index (κ3) is 9.15. The van der Waals surface area contributed by atoms with E-state index in [4.69, 9.17) is 0 Å². The lowest BCUT2D eigenvalue weighted by Crippen LogP contribution is -2.38. The molecule has 0 aliphatic rings. The van der Waals surface area contributed by atoms with Gasteiger partial charge in [-0.25, -0.2) is 8.42 Å². The summed E-state index contributed by atoms with van der Waals surface area (Å²) in [5, 5.41) is 0. The zero-order valence-corrected chi connectivity index (χ0v) is 12.4. The largest absolute Gasteiger partial charge is 0.748 e. The average Bonchev–Trinajstić information content (AvgIpc) is 2.29. The summed E-state index contributed by atoms with van der Waals surface area (Å²) in [6, 6.07) is 8.37. The van der Waals surface area contributed by atoms with Crippen LogP contribution in [-0.4, -0.2) is 44.6 Å². The lowest BCUT2D eigenvalue weighted by molar-refractivity contribution is -0.886. The zero-order chi connectivity index (χ0) is 14.2. The van der Waals surface area contributed by atoms with Gasteiger partial charge in [-0.05, 0) is 19.4 Å². The molecule has 4 nitrogen and oxygen atoms in total. The molecule has 18 heavy (non-hydrogen) atoms. The SMILES string of the molecule is CC[N+](C)(C)CC.O=S(=O)([O-])Cc1ccccc1. The van der Waals surface area contributed by atoms with Crippen molar-refractivity contribution in [3.8, 4) is 0 Å². The monoisotopic (exact) mass is 273 g/mol. The second-order valence-corrected chi connectivity index (χ2v) is 6.16. The van der Waals surface area contributed by atoms with Crippen LogP contribution >= 0.6 is 0 Å². The highest BCUT2D eigenvalue weighted by atomic mass is 32.2. The molecule has 1 rings (SSSR count). The van der Waals surface area contributed by atoms with Gasteiger partial charge in [0.25, 0.3) is 0 Å². The van der Waals surface area contributed by atoms with Gasteiger partial charge in [0.1, 0.15) is 0 Å². The average molecular weight is 273 g/mol. The summed E-state index contributed by atoms with van der Waals surface area (Å²) >= 11 is 0. The van der Waals surface area contributed by atoms with Gasteiger partial charge < -0.3 is 9.04 Å². The minimum atomic E-state index is -4.13. The Hall–Kier alpha value is -0.910. The molecule has 0 N–H and O–H groups in total. The molecule has 1 aromatic rings. The van der Waals surface area contributed by atoms with Crippen molar-refractivity contribution in [2.24, 2.45) is 0 Å². The van der Waals surface area contributed by atoms with E-state index in [2.05, 4.69) is 27.9 Å². The number of rotatable bonds is 4. The smallest absolute Gasteiger partial charge is 0.0988 e. The predicted molar refractivity (Wildman–Crippen MR) is 73.0 cm³/mol. The van der Waals surface area contributed by atoms with Gasteiger partial charge in [0, 0.05) is 0 Å². The molecule has 0 saturated carbocycles. The maximum absolute atomic E-state index is 10.2. The van der Waals surface area contributed by atoms with E-state index in [9.17, 15) is 13.0 Å². The van der Waals surface area contributed by atoms with Crippen LogP contribution in [0, 0.1) is 0 Å². The fourth-order valence-corrected chi connectivity index (χ4v) is 1.60. The van der Waals surface area contributed by atoms with Crippen LogP contribution in [0.2, 0.25) is 0 Å². The third-order valence-corrected chi connectivity index (χ3v) is 3.59. The van der Waals surface area contributed by atoms with Crippen molar-refractivity contribution >= 4 is 10.1 Å². The summed E-state index contributed by atoms with van der Waals surface area (Å²) in [5.41, 5.74) is 0.530. The van der Waals surface area contributed by atoms with E-state index >= 15 is 0 Å². The Bertz CT molecular complexity index is 421. The molecule has 0 amide bonds. The van der Waals surface area contributed by atoms with Crippen LogP contribution in [0.25, 0.3) is 0 Å². The van der Waals surface area contributed by atoms with Crippen molar-refractivity contribution in [3.63, 3.8) is 0 Å². The topological polar surface area (TPSA) is 57.2 Å². The molecule has 1 aromatic carbocycles. The van der Waals surface area contributed by atoms with Crippen LogP contribution in [0.1, 0.15) is 19.4 Å². The van der Waals surface area contributed by atoms with Crippen LogP contribution in [0.3, 0.4) is 0 Å². The van der Waals surface area contributed by atoms with Crippen molar-refractivity contribution in [1.82, 2.24) is 0 Å². The molecule has 0 spiro atoms. The molecular weight excluding hydrogens is 250 g/mol. The van der Waals surface area contributed by atoms with E-state index in [-0.39, 0.29) is 0 Å². The number of nitrogens with zero attached hydrogens (tertiary/aromatic N) is 1. The van der Waals surface area contributed by atoms with Crippen LogP contribution < -0.4 is 0 Å². The molecule has 0 radical (unpaired) electrons. The van der Waals surface area contributed by atoms with Crippen LogP contribution in [0.4, 0.5) is 0 Å². The first-order chi connectivity index (χ1) is 8.20. The molecule has 0 aromatic heterocycles. The van der Waals surface area contributed by atoms with E-state index in [1.54, 1.807) is 30.3 Å².